The highest BCUT2D eigenvalue weighted by Crippen LogP contribution is 2.17. The average molecular weight is 326 g/mol. The van der Waals surface area contributed by atoms with Crippen molar-refractivity contribution in [1.82, 2.24) is 5.43 Å². The zero-order valence-electron chi connectivity index (χ0n) is 13.4. The van der Waals surface area contributed by atoms with E-state index in [1.165, 1.54) is 18.3 Å². The molecule has 2 N–H and O–H groups in total. The van der Waals surface area contributed by atoms with Gasteiger partial charge in [0.2, 0.25) is 0 Å². The predicted molar refractivity (Wildman–Crippen MR) is 90.4 cm³/mol. The SMILES string of the molecule is Cc1ccccc1OC(C)C(=O)N/N=C\c1ccc(C(=O)O)cc1. The number of carbonyl (C=O) groups is 2. The Balaban J connectivity index is 1.89. The van der Waals surface area contributed by atoms with E-state index in [0.717, 1.165) is 5.56 Å². The molecule has 6 nitrogen and oxygen atoms in total. The lowest BCUT2D eigenvalue weighted by molar-refractivity contribution is -0.127. The van der Waals surface area contributed by atoms with Crippen LogP contribution in [0.3, 0.4) is 0 Å². The monoisotopic (exact) mass is 326 g/mol. The summed E-state index contributed by atoms with van der Waals surface area (Å²) in [5, 5.41) is 12.7. The minimum atomic E-state index is -0.992. The number of amides is 1. The average Bonchev–Trinajstić information content (AvgIpc) is 2.57. The summed E-state index contributed by atoms with van der Waals surface area (Å²) in [7, 11) is 0. The third-order valence-corrected chi connectivity index (χ3v) is 3.31. The number of hydrazone groups is 1. The Morgan fingerprint density at radius 1 is 1.17 bits per heavy atom. The van der Waals surface area contributed by atoms with E-state index in [9.17, 15) is 9.59 Å². The van der Waals surface area contributed by atoms with Gasteiger partial charge in [0.15, 0.2) is 6.10 Å². The van der Waals surface area contributed by atoms with Gasteiger partial charge in [0.1, 0.15) is 5.75 Å². The van der Waals surface area contributed by atoms with Crippen LogP contribution in [0.2, 0.25) is 0 Å². The van der Waals surface area contributed by atoms with Gasteiger partial charge < -0.3 is 9.84 Å². The molecule has 0 saturated heterocycles. The number of para-hydroxylation sites is 1. The highest BCUT2D eigenvalue weighted by Gasteiger charge is 2.14. The minimum absolute atomic E-state index is 0.191. The molecule has 124 valence electrons. The van der Waals surface area contributed by atoms with Crippen LogP contribution in [0.5, 0.6) is 5.75 Å². The van der Waals surface area contributed by atoms with E-state index in [4.69, 9.17) is 9.84 Å². The first-order chi connectivity index (χ1) is 11.5. The van der Waals surface area contributed by atoms with Crippen molar-refractivity contribution < 1.29 is 19.4 Å². The first-order valence-electron chi connectivity index (χ1n) is 7.36. The Morgan fingerprint density at radius 2 is 1.83 bits per heavy atom. The Kier molecular flexibility index (Phi) is 5.68. The fourth-order valence-corrected chi connectivity index (χ4v) is 1.91. The molecule has 0 aliphatic carbocycles. The summed E-state index contributed by atoms with van der Waals surface area (Å²) in [4.78, 5) is 22.7. The topological polar surface area (TPSA) is 88.0 Å². The van der Waals surface area contributed by atoms with E-state index in [-0.39, 0.29) is 11.5 Å². The van der Waals surface area contributed by atoms with E-state index >= 15 is 0 Å². The summed E-state index contributed by atoms with van der Waals surface area (Å²) >= 11 is 0. The normalized spacial score (nSPS) is 11.9. The van der Waals surface area contributed by atoms with E-state index in [1.807, 2.05) is 25.1 Å². The molecule has 0 aliphatic rings. The minimum Gasteiger partial charge on any atom is -0.481 e. The van der Waals surface area contributed by atoms with Crippen molar-refractivity contribution in [2.45, 2.75) is 20.0 Å². The van der Waals surface area contributed by atoms with Crippen LogP contribution in [0.1, 0.15) is 28.4 Å². The zero-order chi connectivity index (χ0) is 17.5. The second-order valence-electron chi connectivity index (χ2n) is 5.19. The van der Waals surface area contributed by atoms with Crippen LogP contribution in [0.25, 0.3) is 0 Å². The second-order valence-corrected chi connectivity index (χ2v) is 5.19. The molecule has 0 heterocycles. The lowest BCUT2D eigenvalue weighted by atomic mass is 10.1. The van der Waals surface area contributed by atoms with Gasteiger partial charge in [0.05, 0.1) is 11.8 Å². The van der Waals surface area contributed by atoms with Crippen molar-refractivity contribution >= 4 is 18.1 Å². The molecule has 0 radical (unpaired) electrons. The fourth-order valence-electron chi connectivity index (χ4n) is 1.91. The lowest BCUT2D eigenvalue weighted by Crippen LogP contribution is -2.33. The first-order valence-corrected chi connectivity index (χ1v) is 7.36. The van der Waals surface area contributed by atoms with Gasteiger partial charge in [-0.25, -0.2) is 10.2 Å². The summed E-state index contributed by atoms with van der Waals surface area (Å²) in [5.74, 6) is -0.723. The smallest absolute Gasteiger partial charge is 0.335 e. The molecule has 0 fully saturated rings. The van der Waals surface area contributed by atoms with Crippen molar-refractivity contribution in [3.63, 3.8) is 0 Å². The van der Waals surface area contributed by atoms with Gasteiger partial charge in [0, 0.05) is 0 Å². The number of benzene rings is 2. The maximum Gasteiger partial charge on any atom is 0.335 e. The molecule has 24 heavy (non-hydrogen) atoms. The molecule has 0 aromatic heterocycles. The van der Waals surface area contributed by atoms with Crippen LogP contribution < -0.4 is 10.2 Å². The van der Waals surface area contributed by atoms with E-state index in [1.54, 1.807) is 25.1 Å². The Hall–Kier alpha value is -3.15. The molecule has 6 heteroatoms. The highest BCUT2D eigenvalue weighted by atomic mass is 16.5. The number of aromatic carboxylic acids is 1. The van der Waals surface area contributed by atoms with Gasteiger partial charge in [-0.2, -0.15) is 5.10 Å². The molecule has 1 amide bonds. The second kappa shape index (κ2) is 7.92. The van der Waals surface area contributed by atoms with Crippen molar-refractivity contribution in [3.8, 4) is 5.75 Å². The van der Waals surface area contributed by atoms with Crippen molar-refractivity contribution in [1.29, 1.82) is 0 Å². The quantitative estimate of drug-likeness (QED) is 0.631. The molecule has 2 rings (SSSR count). The summed E-state index contributed by atoms with van der Waals surface area (Å²) in [5.41, 5.74) is 4.21. The lowest BCUT2D eigenvalue weighted by Gasteiger charge is -2.14. The summed E-state index contributed by atoms with van der Waals surface area (Å²) < 4.78 is 5.60. The number of ether oxygens (including phenoxy) is 1. The standard InChI is InChI=1S/C18H18N2O4/c1-12-5-3-4-6-16(12)24-13(2)17(21)20-19-11-14-7-9-15(10-8-14)18(22)23/h3-11,13H,1-2H3,(H,20,21)(H,22,23)/b19-11-. The predicted octanol–water partition coefficient (Wildman–Crippen LogP) is 2.61. The Labute approximate surface area is 139 Å². The van der Waals surface area contributed by atoms with Crippen LogP contribution >= 0.6 is 0 Å². The fraction of sp³-hybridized carbons (Fsp3) is 0.167. The molecule has 0 spiro atoms. The Bertz CT molecular complexity index is 754. The number of nitrogens with one attached hydrogen (secondary N) is 1. The molecule has 2 aromatic rings. The Morgan fingerprint density at radius 3 is 2.46 bits per heavy atom. The molecular weight excluding hydrogens is 308 g/mol. The highest BCUT2D eigenvalue weighted by molar-refractivity contribution is 5.89. The number of carbonyl (C=O) groups excluding carboxylic acids is 1. The first kappa shape index (κ1) is 17.2. The molecule has 0 saturated carbocycles. The molecule has 1 atom stereocenters. The summed E-state index contributed by atoms with van der Waals surface area (Å²) in [6.45, 7) is 3.54. The van der Waals surface area contributed by atoms with Crippen molar-refractivity contribution in [2.24, 2.45) is 5.10 Å². The number of aryl methyl sites for hydroxylation is 1. The number of nitrogens with zero attached hydrogens (tertiary/aromatic N) is 1. The van der Waals surface area contributed by atoms with E-state index in [2.05, 4.69) is 10.5 Å². The van der Waals surface area contributed by atoms with Crippen molar-refractivity contribution in [2.75, 3.05) is 0 Å². The molecule has 2 aromatic carbocycles. The number of carboxylic acids is 1. The van der Waals surface area contributed by atoms with Gasteiger partial charge in [-0.05, 0) is 43.2 Å². The van der Waals surface area contributed by atoms with E-state index in [0.29, 0.717) is 11.3 Å². The number of carboxylic acid groups (broad SMARTS) is 1. The maximum absolute atomic E-state index is 12.0. The van der Waals surface area contributed by atoms with E-state index < -0.39 is 12.1 Å². The molecular formula is C18H18N2O4. The van der Waals surface area contributed by atoms with Crippen LogP contribution in [-0.4, -0.2) is 29.3 Å². The zero-order valence-corrected chi connectivity index (χ0v) is 13.4. The number of rotatable bonds is 6. The van der Waals surface area contributed by atoms with Crippen LogP contribution in [-0.2, 0) is 4.79 Å². The third-order valence-electron chi connectivity index (χ3n) is 3.31. The largest absolute Gasteiger partial charge is 0.481 e. The molecule has 0 bridgehead atoms. The van der Waals surface area contributed by atoms with Crippen LogP contribution in [0, 0.1) is 6.92 Å². The number of hydrogen-bond acceptors (Lipinski definition) is 4. The van der Waals surface area contributed by atoms with Crippen molar-refractivity contribution in [3.05, 3.63) is 65.2 Å². The maximum atomic E-state index is 12.0. The van der Waals surface area contributed by atoms with Crippen LogP contribution in [0.15, 0.2) is 53.6 Å². The molecule has 1 unspecified atom stereocenters. The van der Waals surface area contributed by atoms with Gasteiger partial charge in [-0.1, -0.05) is 30.3 Å². The van der Waals surface area contributed by atoms with Gasteiger partial charge >= 0.3 is 5.97 Å². The van der Waals surface area contributed by atoms with Gasteiger partial charge in [-0.15, -0.1) is 0 Å². The van der Waals surface area contributed by atoms with Crippen LogP contribution in [0.4, 0.5) is 0 Å². The number of hydrogen-bond donors (Lipinski definition) is 2. The third kappa shape index (κ3) is 4.67. The summed E-state index contributed by atoms with van der Waals surface area (Å²) in [6.07, 6.45) is 0.738. The van der Waals surface area contributed by atoms with Gasteiger partial charge in [0.25, 0.3) is 5.91 Å². The molecule has 0 aliphatic heterocycles. The van der Waals surface area contributed by atoms with Gasteiger partial charge in [-0.3, -0.25) is 4.79 Å². The summed E-state index contributed by atoms with van der Waals surface area (Å²) in [6, 6.07) is 13.6.